The maximum atomic E-state index is 12.5. The lowest BCUT2D eigenvalue weighted by Gasteiger charge is -2.37. The van der Waals surface area contributed by atoms with Gasteiger partial charge in [-0.1, -0.05) is 48.5 Å². The standard InChI is InChI=1S/C21H22N2O3/c1-21(2)13-23(11-19(24)22-21)20(25)26-12-18-16-9-5-3-7-14(16)15-8-4-6-10-17(15)18/h3-10,18H,11-13H2,1-2H3,(H,22,24). The average molecular weight is 350 g/mol. The van der Waals surface area contributed by atoms with Gasteiger partial charge in [0.1, 0.15) is 13.2 Å². The maximum absolute atomic E-state index is 12.5. The lowest BCUT2D eigenvalue weighted by Crippen LogP contribution is -2.61. The molecule has 0 radical (unpaired) electrons. The Labute approximate surface area is 153 Å². The zero-order valence-corrected chi connectivity index (χ0v) is 15.0. The van der Waals surface area contributed by atoms with E-state index < -0.39 is 11.6 Å². The number of carbonyl (C=O) groups excluding carboxylic acids is 2. The van der Waals surface area contributed by atoms with Crippen molar-refractivity contribution in [2.45, 2.75) is 25.3 Å². The SMILES string of the molecule is CC1(C)CN(C(=O)OCC2c3ccccc3-c3ccccc32)CC(=O)N1. The minimum Gasteiger partial charge on any atom is -0.448 e. The molecule has 5 nitrogen and oxygen atoms in total. The molecule has 2 amide bonds. The van der Waals surface area contributed by atoms with Crippen LogP contribution in [0.15, 0.2) is 48.5 Å². The first kappa shape index (κ1) is 16.6. The molecule has 2 aromatic rings. The summed E-state index contributed by atoms with van der Waals surface area (Å²) in [5.41, 5.74) is 4.31. The average Bonchev–Trinajstić information content (AvgIpc) is 2.92. The highest BCUT2D eigenvalue weighted by Crippen LogP contribution is 2.44. The number of hydrogen-bond donors (Lipinski definition) is 1. The van der Waals surface area contributed by atoms with Gasteiger partial charge in [-0.2, -0.15) is 0 Å². The third kappa shape index (κ3) is 2.94. The van der Waals surface area contributed by atoms with Crippen LogP contribution in [0.25, 0.3) is 11.1 Å². The number of amides is 2. The molecule has 26 heavy (non-hydrogen) atoms. The summed E-state index contributed by atoms with van der Waals surface area (Å²) in [6, 6.07) is 16.5. The molecule has 1 N–H and O–H groups in total. The summed E-state index contributed by atoms with van der Waals surface area (Å²) in [4.78, 5) is 25.8. The summed E-state index contributed by atoms with van der Waals surface area (Å²) in [6.07, 6.45) is -0.435. The van der Waals surface area contributed by atoms with Gasteiger partial charge in [0.2, 0.25) is 5.91 Å². The van der Waals surface area contributed by atoms with Gasteiger partial charge < -0.3 is 10.1 Å². The van der Waals surface area contributed by atoms with Crippen molar-refractivity contribution in [3.63, 3.8) is 0 Å². The van der Waals surface area contributed by atoms with Gasteiger partial charge in [0.25, 0.3) is 0 Å². The second-order valence-corrected chi connectivity index (χ2v) is 7.59. The van der Waals surface area contributed by atoms with Crippen molar-refractivity contribution >= 4 is 12.0 Å². The molecule has 1 aliphatic heterocycles. The molecule has 0 spiro atoms. The van der Waals surface area contributed by atoms with Gasteiger partial charge in [0.05, 0.1) is 5.54 Å². The fourth-order valence-electron chi connectivity index (χ4n) is 3.98. The molecule has 5 heteroatoms. The Kier molecular flexibility index (Phi) is 3.94. The van der Waals surface area contributed by atoms with Crippen LogP contribution in [0.2, 0.25) is 0 Å². The van der Waals surface area contributed by atoms with Gasteiger partial charge in [0, 0.05) is 12.5 Å². The van der Waals surface area contributed by atoms with E-state index in [2.05, 4.69) is 29.6 Å². The lowest BCUT2D eigenvalue weighted by atomic mass is 9.98. The van der Waals surface area contributed by atoms with Crippen molar-refractivity contribution in [2.24, 2.45) is 0 Å². The van der Waals surface area contributed by atoms with Crippen LogP contribution in [0.5, 0.6) is 0 Å². The molecular weight excluding hydrogens is 328 g/mol. The molecule has 2 aromatic carbocycles. The minimum absolute atomic E-state index is 0.0259. The summed E-state index contributed by atoms with van der Waals surface area (Å²) in [6.45, 7) is 4.54. The smallest absolute Gasteiger partial charge is 0.410 e. The largest absolute Gasteiger partial charge is 0.448 e. The molecule has 1 fully saturated rings. The molecule has 4 rings (SSSR count). The molecule has 1 saturated heterocycles. The van der Waals surface area contributed by atoms with E-state index in [0.717, 1.165) is 0 Å². The monoisotopic (exact) mass is 350 g/mol. The van der Waals surface area contributed by atoms with Crippen LogP contribution in [-0.4, -0.2) is 42.1 Å². The van der Waals surface area contributed by atoms with Crippen LogP contribution in [0, 0.1) is 0 Å². The number of fused-ring (bicyclic) bond motifs is 3. The van der Waals surface area contributed by atoms with Crippen molar-refractivity contribution < 1.29 is 14.3 Å². The minimum atomic E-state index is -0.444. The second kappa shape index (κ2) is 6.16. The number of carbonyl (C=O) groups is 2. The molecule has 0 aromatic heterocycles. The van der Waals surface area contributed by atoms with Crippen LogP contribution >= 0.6 is 0 Å². The number of piperazine rings is 1. The maximum Gasteiger partial charge on any atom is 0.410 e. The number of ether oxygens (including phenoxy) is 1. The van der Waals surface area contributed by atoms with E-state index in [-0.39, 0.29) is 25.0 Å². The number of hydrogen-bond acceptors (Lipinski definition) is 3. The zero-order chi connectivity index (χ0) is 18.3. The number of benzene rings is 2. The summed E-state index contributed by atoms with van der Waals surface area (Å²) in [5, 5.41) is 2.88. The highest BCUT2D eigenvalue weighted by Gasteiger charge is 2.35. The molecule has 134 valence electrons. The van der Waals surface area contributed by atoms with E-state index >= 15 is 0 Å². The first-order valence-corrected chi connectivity index (χ1v) is 8.85. The van der Waals surface area contributed by atoms with Crippen molar-refractivity contribution in [1.29, 1.82) is 0 Å². The summed E-state index contributed by atoms with van der Waals surface area (Å²) in [5.74, 6) is -0.132. The quantitative estimate of drug-likeness (QED) is 0.905. The third-order valence-corrected chi connectivity index (χ3v) is 4.99. The van der Waals surface area contributed by atoms with E-state index in [1.54, 1.807) is 0 Å². The van der Waals surface area contributed by atoms with E-state index in [1.807, 2.05) is 38.1 Å². The molecule has 0 saturated carbocycles. The first-order chi connectivity index (χ1) is 12.4. The Hall–Kier alpha value is -2.82. The second-order valence-electron chi connectivity index (χ2n) is 7.59. The highest BCUT2D eigenvalue weighted by molar-refractivity contribution is 5.84. The highest BCUT2D eigenvalue weighted by atomic mass is 16.6. The molecule has 0 unspecified atom stereocenters. The Bertz CT molecular complexity index is 830. The van der Waals surface area contributed by atoms with E-state index in [0.29, 0.717) is 6.54 Å². The van der Waals surface area contributed by atoms with Gasteiger partial charge in [-0.15, -0.1) is 0 Å². The summed E-state index contributed by atoms with van der Waals surface area (Å²) >= 11 is 0. The molecule has 0 bridgehead atoms. The van der Waals surface area contributed by atoms with Gasteiger partial charge in [-0.25, -0.2) is 4.79 Å². The van der Waals surface area contributed by atoms with Gasteiger partial charge >= 0.3 is 6.09 Å². The van der Waals surface area contributed by atoms with Crippen LogP contribution in [0.4, 0.5) is 4.79 Å². The van der Waals surface area contributed by atoms with Crippen LogP contribution in [-0.2, 0) is 9.53 Å². The van der Waals surface area contributed by atoms with Crippen LogP contribution in [0.1, 0.15) is 30.9 Å². The van der Waals surface area contributed by atoms with E-state index in [9.17, 15) is 9.59 Å². The lowest BCUT2D eigenvalue weighted by molar-refractivity contribution is -0.126. The van der Waals surface area contributed by atoms with Crippen LogP contribution in [0.3, 0.4) is 0 Å². The summed E-state index contributed by atoms with van der Waals surface area (Å²) < 4.78 is 5.63. The van der Waals surface area contributed by atoms with Crippen molar-refractivity contribution in [1.82, 2.24) is 10.2 Å². The number of nitrogens with one attached hydrogen (secondary N) is 1. The Morgan fingerprint density at radius 3 is 2.27 bits per heavy atom. The Morgan fingerprint density at radius 1 is 1.12 bits per heavy atom. The van der Waals surface area contributed by atoms with Gasteiger partial charge in [-0.05, 0) is 36.1 Å². The molecule has 0 atom stereocenters. The normalized spacial score (nSPS) is 18.1. The number of rotatable bonds is 2. The van der Waals surface area contributed by atoms with Crippen molar-refractivity contribution in [3.8, 4) is 11.1 Å². The zero-order valence-electron chi connectivity index (χ0n) is 15.0. The van der Waals surface area contributed by atoms with Crippen molar-refractivity contribution in [3.05, 3.63) is 59.7 Å². The summed E-state index contributed by atoms with van der Waals surface area (Å²) in [7, 11) is 0. The predicted molar refractivity (Wildman–Crippen MR) is 98.9 cm³/mol. The topological polar surface area (TPSA) is 58.6 Å². The third-order valence-electron chi connectivity index (χ3n) is 4.99. The Morgan fingerprint density at radius 2 is 1.69 bits per heavy atom. The molecule has 2 aliphatic rings. The molecular formula is C21H22N2O3. The number of nitrogens with zero attached hydrogens (tertiary/aromatic N) is 1. The fourth-order valence-corrected chi connectivity index (χ4v) is 3.98. The van der Waals surface area contributed by atoms with Gasteiger partial charge in [0.15, 0.2) is 0 Å². The first-order valence-electron chi connectivity index (χ1n) is 8.85. The fraction of sp³-hybridized carbons (Fsp3) is 0.333. The van der Waals surface area contributed by atoms with E-state index in [4.69, 9.17) is 4.74 Å². The van der Waals surface area contributed by atoms with E-state index in [1.165, 1.54) is 27.2 Å². The predicted octanol–water partition coefficient (Wildman–Crippen LogP) is 3.15. The van der Waals surface area contributed by atoms with Crippen molar-refractivity contribution in [2.75, 3.05) is 19.7 Å². The van der Waals surface area contributed by atoms with Crippen LogP contribution < -0.4 is 5.32 Å². The molecule has 1 heterocycles. The Balaban J connectivity index is 1.51. The van der Waals surface area contributed by atoms with Gasteiger partial charge in [-0.3, -0.25) is 9.69 Å². The molecule has 1 aliphatic carbocycles.